The average Bonchev–Trinajstić information content (AvgIpc) is 2.45. The Morgan fingerprint density at radius 1 is 1.14 bits per heavy atom. The quantitative estimate of drug-likeness (QED) is 0.747. The second-order valence-electron chi connectivity index (χ2n) is 4.68. The second kappa shape index (κ2) is 11.1. The fourth-order valence-corrected chi connectivity index (χ4v) is 1.75. The molecule has 0 saturated carbocycles. The zero-order valence-electron chi connectivity index (χ0n) is 12.6. The zero-order valence-corrected chi connectivity index (χ0v) is 13.4. The molecule has 6 heteroatoms. The number of hydrogen-bond donors (Lipinski definition) is 2. The Morgan fingerprint density at radius 3 is 2.43 bits per heavy atom. The van der Waals surface area contributed by atoms with Gasteiger partial charge in [0, 0.05) is 33.1 Å². The highest BCUT2D eigenvalue weighted by Gasteiger charge is 2.08. The number of rotatable bonds is 8. The number of hydrogen-bond acceptors (Lipinski definition) is 3. The molecule has 5 nitrogen and oxygen atoms in total. The number of amides is 2. The molecule has 0 aliphatic rings. The Morgan fingerprint density at radius 2 is 1.81 bits per heavy atom. The summed E-state index contributed by atoms with van der Waals surface area (Å²) in [7, 11) is 3.62. The van der Waals surface area contributed by atoms with Crippen molar-refractivity contribution in [2.75, 3.05) is 33.7 Å². The highest BCUT2D eigenvalue weighted by atomic mass is 35.5. The van der Waals surface area contributed by atoms with E-state index in [1.807, 2.05) is 37.4 Å². The van der Waals surface area contributed by atoms with Crippen molar-refractivity contribution >= 4 is 24.2 Å². The van der Waals surface area contributed by atoms with E-state index in [-0.39, 0.29) is 24.2 Å². The molecule has 0 unspecified atom stereocenters. The van der Waals surface area contributed by atoms with E-state index in [0.717, 1.165) is 12.1 Å². The van der Waals surface area contributed by atoms with Crippen molar-refractivity contribution in [3.8, 4) is 0 Å². The first-order valence-electron chi connectivity index (χ1n) is 6.82. The highest BCUT2D eigenvalue weighted by Crippen LogP contribution is 1.99. The van der Waals surface area contributed by atoms with Crippen LogP contribution in [0.1, 0.15) is 12.0 Å². The highest BCUT2D eigenvalue weighted by molar-refractivity contribution is 5.85. The predicted octanol–water partition coefficient (Wildman–Crippen LogP) is 0.835. The van der Waals surface area contributed by atoms with Gasteiger partial charge in [-0.15, -0.1) is 12.4 Å². The smallest absolute Gasteiger partial charge is 0.224 e. The van der Waals surface area contributed by atoms with Gasteiger partial charge in [-0.2, -0.15) is 0 Å². The van der Waals surface area contributed by atoms with Gasteiger partial charge < -0.3 is 15.5 Å². The maximum absolute atomic E-state index is 11.7. The van der Waals surface area contributed by atoms with Gasteiger partial charge >= 0.3 is 0 Å². The first-order chi connectivity index (χ1) is 9.63. The second-order valence-corrected chi connectivity index (χ2v) is 4.68. The van der Waals surface area contributed by atoms with E-state index >= 15 is 0 Å². The summed E-state index contributed by atoms with van der Waals surface area (Å²) >= 11 is 0. The number of benzene rings is 1. The summed E-state index contributed by atoms with van der Waals surface area (Å²) in [5.74, 6) is -0.0119. The molecule has 0 spiro atoms. The van der Waals surface area contributed by atoms with Crippen LogP contribution in [-0.4, -0.2) is 50.4 Å². The van der Waals surface area contributed by atoms with Gasteiger partial charge in [0.2, 0.25) is 11.8 Å². The SMILES string of the molecule is CNCCN(C)C(=O)CCNC(=O)Cc1ccccc1.Cl. The molecule has 0 saturated heterocycles. The van der Waals surface area contributed by atoms with Crippen LogP contribution >= 0.6 is 12.4 Å². The van der Waals surface area contributed by atoms with E-state index in [4.69, 9.17) is 0 Å². The Labute approximate surface area is 132 Å². The van der Waals surface area contributed by atoms with Crippen molar-refractivity contribution in [1.29, 1.82) is 0 Å². The maximum atomic E-state index is 11.7. The van der Waals surface area contributed by atoms with E-state index in [9.17, 15) is 9.59 Å². The normalized spacial score (nSPS) is 9.62. The van der Waals surface area contributed by atoms with Crippen molar-refractivity contribution in [3.63, 3.8) is 0 Å². The van der Waals surface area contributed by atoms with Gasteiger partial charge in [0.25, 0.3) is 0 Å². The van der Waals surface area contributed by atoms with E-state index in [2.05, 4.69) is 10.6 Å². The largest absolute Gasteiger partial charge is 0.355 e. The van der Waals surface area contributed by atoms with Crippen molar-refractivity contribution in [2.24, 2.45) is 0 Å². The van der Waals surface area contributed by atoms with Crippen molar-refractivity contribution in [3.05, 3.63) is 35.9 Å². The first kappa shape index (κ1) is 19.4. The molecule has 21 heavy (non-hydrogen) atoms. The summed E-state index contributed by atoms with van der Waals surface area (Å²) in [4.78, 5) is 25.1. The Kier molecular flexibility index (Phi) is 10.3. The van der Waals surface area contributed by atoms with E-state index in [0.29, 0.717) is 25.9 Å². The lowest BCUT2D eigenvalue weighted by Gasteiger charge is -2.16. The molecule has 118 valence electrons. The minimum Gasteiger partial charge on any atom is -0.355 e. The molecule has 1 aromatic rings. The summed E-state index contributed by atoms with van der Waals surface area (Å²) < 4.78 is 0. The van der Waals surface area contributed by atoms with Gasteiger partial charge in [0.05, 0.1) is 6.42 Å². The fourth-order valence-electron chi connectivity index (χ4n) is 1.75. The van der Waals surface area contributed by atoms with E-state index in [1.54, 1.807) is 11.9 Å². The van der Waals surface area contributed by atoms with Crippen LogP contribution < -0.4 is 10.6 Å². The minimum absolute atomic E-state index is 0. The lowest BCUT2D eigenvalue weighted by Crippen LogP contribution is -2.35. The molecule has 0 fully saturated rings. The Balaban J connectivity index is 0.00000400. The van der Waals surface area contributed by atoms with Crippen LogP contribution in [0.4, 0.5) is 0 Å². The van der Waals surface area contributed by atoms with Crippen LogP contribution in [-0.2, 0) is 16.0 Å². The molecule has 0 aromatic heterocycles. The van der Waals surface area contributed by atoms with Crippen molar-refractivity contribution < 1.29 is 9.59 Å². The number of nitrogens with one attached hydrogen (secondary N) is 2. The van der Waals surface area contributed by atoms with Gasteiger partial charge in [0.1, 0.15) is 0 Å². The van der Waals surface area contributed by atoms with Crippen LogP contribution in [0.5, 0.6) is 0 Å². The Hall–Kier alpha value is -1.59. The van der Waals surface area contributed by atoms with Crippen LogP contribution in [0, 0.1) is 0 Å². The third kappa shape index (κ3) is 8.32. The summed E-state index contributed by atoms with van der Waals surface area (Å²) in [5.41, 5.74) is 0.975. The van der Waals surface area contributed by atoms with E-state index < -0.39 is 0 Å². The fraction of sp³-hybridized carbons (Fsp3) is 0.467. The van der Waals surface area contributed by atoms with Gasteiger partial charge in [-0.3, -0.25) is 9.59 Å². The topological polar surface area (TPSA) is 61.4 Å². The van der Waals surface area contributed by atoms with Crippen LogP contribution in [0.2, 0.25) is 0 Å². The lowest BCUT2D eigenvalue weighted by molar-refractivity contribution is -0.129. The first-order valence-corrected chi connectivity index (χ1v) is 6.82. The molecular formula is C15H24ClN3O2. The van der Waals surface area contributed by atoms with Crippen molar-refractivity contribution in [1.82, 2.24) is 15.5 Å². The molecule has 1 aromatic carbocycles. The molecule has 0 heterocycles. The number of carbonyl (C=O) groups excluding carboxylic acids is 2. The molecule has 0 radical (unpaired) electrons. The van der Waals surface area contributed by atoms with E-state index in [1.165, 1.54) is 0 Å². The van der Waals surface area contributed by atoms with Crippen LogP contribution in [0.3, 0.4) is 0 Å². The summed E-state index contributed by atoms with van der Waals surface area (Å²) in [6, 6.07) is 9.55. The third-order valence-corrected chi connectivity index (χ3v) is 2.99. The van der Waals surface area contributed by atoms with Crippen LogP contribution in [0.25, 0.3) is 0 Å². The van der Waals surface area contributed by atoms with Gasteiger partial charge in [0.15, 0.2) is 0 Å². The molecule has 0 atom stereocenters. The average molecular weight is 314 g/mol. The lowest BCUT2D eigenvalue weighted by atomic mass is 10.1. The molecule has 0 aliphatic carbocycles. The summed E-state index contributed by atoms with van der Waals surface area (Å²) in [6.07, 6.45) is 0.686. The number of likely N-dealkylation sites (N-methyl/N-ethyl adjacent to an activating group) is 2. The minimum atomic E-state index is -0.0538. The summed E-state index contributed by atoms with van der Waals surface area (Å²) in [6.45, 7) is 1.82. The van der Waals surface area contributed by atoms with Gasteiger partial charge in [-0.1, -0.05) is 30.3 Å². The molecule has 2 N–H and O–H groups in total. The molecule has 1 rings (SSSR count). The predicted molar refractivity (Wildman–Crippen MR) is 86.6 cm³/mol. The number of carbonyl (C=O) groups is 2. The standard InChI is InChI=1S/C15H23N3O2.ClH/c1-16-10-11-18(2)15(20)8-9-17-14(19)12-13-6-4-3-5-7-13;/h3-7,16H,8-12H2,1-2H3,(H,17,19);1H. The third-order valence-electron chi connectivity index (χ3n) is 2.99. The number of nitrogens with zero attached hydrogens (tertiary/aromatic N) is 1. The number of halogens is 1. The van der Waals surface area contributed by atoms with Gasteiger partial charge in [-0.25, -0.2) is 0 Å². The zero-order chi connectivity index (χ0) is 14.8. The molecule has 2 amide bonds. The molecule has 0 aliphatic heterocycles. The monoisotopic (exact) mass is 313 g/mol. The summed E-state index contributed by atoms with van der Waals surface area (Å²) in [5, 5.41) is 5.76. The molecule has 0 bridgehead atoms. The molecular weight excluding hydrogens is 290 g/mol. The maximum Gasteiger partial charge on any atom is 0.224 e. The van der Waals surface area contributed by atoms with Crippen molar-refractivity contribution in [2.45, 2.75) is 12.8 Å². The van der Waals surface area contributed by atoms with Gasteiger partial charge in [-0.05, 0) is 12.6 Å². The Bertz CT molecular complexity index is 426. The van der Waals surface area contributed by atoms with Crippen LogP contribution in [0.15, 0.2) is 30.3 Å².